The summed E-state index contributed by atoms with van der Waals surface area (Å²) in [5, 5.41) is 5.85. The molecule has 0 bridgehead atoms. The van der Waals surface area contributed by atoms with Gasteiger partial charge in [0.2, 0.25) is 0 Å². The zero-order chi connectivity index (χ0) is 24.2. The van der Waals surface area contributed by atoms with E-state index in [1.807, 2.05) is 13.0 Å². The molecule has 0 saturated heterocycles. The fraction of sp³-hybridized carbons (Fsp3) is 0.0800. The van der Waals surface area contributed by atoms with Crippen molar-refractivity contribution < 1.29 is 19.1 Å². The van der Waals surface area contributed by atoms with E-state index in [9.17, 15) is 14.4 Å². The van der Waals surface area contributed by atoms with Gasteiger partial charge in [0.25, 0.3) is 17.7 Å². The first-order valence-corrected chi connectivity index (χ1v) is 11.1. The number of nitrogens with one attached hydrogen (secondary N) is 2. The van der Waals surface area contributed by atoms with Gasteiger partial charge in [-0.05, 0) is 61.5 Å². The van der Waals surface area contributed by atoms with Crippen molar-refractivity contribution in [1.29, 1.82) is 0 Å². The van der Waals surface area contributed by atoms with E-state index in [1.165, 1.54) is 6.07 Å². The van der Waals surface area contributed by atoms with Crippen LogP contribution in [0.2, 0.25) is 5.02 Å². The molecule has 3 aromatic rings. The van der Waals surface area contributed by atoms with Crippen LogP contribution in [0.4, 0.5) is 17.1 Å². The van der Waals surface area contributed by atoms with Gasteiger partial charge >= 0.3 is 0 Å². The lowest BCUT2D eigenvalue weighted by molar-refractivity contribution is -0.120. The number of rotatable bonds is 7. The van der Waals surface area contributed by atoms with Crippen LogP contribution >= 0.6 is 23.2 Å². The number of nitrogens with zero attached hydrogens (tertiary/aromatic N) is 1. The highest BCUT2D eigenvalue weighted by molar-refractivity contribution is 6.53. The minimum absolute atomic E-state index is 0.0607. The fourth-order valence-corrected chi connectivity index (χ4v) is 3.75. The minimum atomic E-state index is -0.652. The third kappa shape index (κ3) is 4.76. The van der Waals surface area contributed by atoms with E-state index in [4.69, 9.17) is 27.9 Å². The second-order valence-corrected chi connectivity index (χ2v) is 8.01. The lowest BCUT2D eigenvalue weighted by Crippen LogP contribution is -2.32. The zero-order valence-electron chi connectivity index (χ0n) is 18.0. The Kier molecular flexibility index (Phi) is 6.86. The Morgan fingerprint density at radius 3 is 2.38 bits per heavy atom. The maximum absolute atomic E-state index is 12.9. The molecule has 0 fully saturated rings. The summed E-state index contributed by atoms with van der Waals surface area (Å²) in [4.78, 5) is 39.1. The number of ether oxygens (including phenoxy) is 1. The van der Waals surface area contributed by atoms with Gasteiger partial charge in [-0.1, -0.05) is 41.4 Å². The van der Waals surface area contributed by atoms with Gasteiger partial charge in [-0.2, -0.15) is 0 Å². The quantitative estimate of drug-likeness (QED) is 0.426. The molecular formula is C25H19Cl2N3O4. The average Bonchev–Trinajstić information content (AvgIpc) is 3.04. The number of carbonyl (C=O) groups is 3. The number of hydrogen-bond acceptors (Lipinski definition) is 5. The lowest BCUT2D eigenvalue weighted by Gasteiger charge is -2.15. The van der Waals surface area contributed by atoms with Crippen LogP contribution < -0.4 is 20.3 Å². The van der Waals surface area contributed by atoms with E-state index in [-0.39, 0.29) is 16.6 Å². The molecule has 0 unspecified atom stereocenters. The maximum atomic E-state index is 12.9. The minimum Gasteiger partial charge on any atom is -0.492 e. The van der Waals surface area contributed by atoms with Crippen LogP contribution in [0.25, 0.3) is 0 Å². The summed E-state index contributed by atoms with van der Waals surface area (Å²) >= 11 is 12.2. The van der Waals surface area contributed by atoms with Gasteiger partial charge in [-0.25, -0.2) is 4.90 Å². The predicted molar refractivity (Wildman–Crippen MR) is 132 cm³/mol. The van der Waals surface area contributed by atoms with Crippen LogP contribution in [0.5, 0.6) is 5.75 Å². The van der Waals surface area contributed by atoms with Crippen molar-refractivity contribution in [2.45, 2.75) is 6.92 Å². The van der Waals surface area contributed by atoms with E-state index in [2.05, 4.69) is 10.6 Å². The molecular weight excluding hydrogens is 477 g/mol. The highest BCUT2D eigenvalue weighted by Gasteiger charge is 2.39. The Morgan fingerprint density at radius 2 is 1.68 bits per heavy atom. The number of halogens is 2. The molecule has 4 rings (SSSR count). The second-order valence-electron chi connectivity index (χ2n) is 7.20. The Labute approximate surface area is 205 Å². The average molecular weight is 496 g/mol. The summed E-state index contributed by atoms with van der Waals surface area (Å²) in [7, 11) is 0. The van der Waals surface area contributed by atoms with Crippen molar-refractivity contribution in [3.05, 3.63) is 94.1 Å². The van der Waals surface area contributed by atoms with Crippen molar-refractivity contribution >= 4 is 58.0 Å². The lowest BCUT2D eigenvalue weighted by atomic mass is 10.1. The first kappa shape index (κ1) is 23.4. The number of anilines is 3. The number of hydrogen-bond donors (Lipinski definition) is 2. The standard InChI is InChI=1S/C25H19Cl2N3O4/c1-2-34-20-9-4-3-8-19(20)29-23(31)15-10-12-17(13-11-15)28-22-21(27)24(32)30(25(22)33)18-7-5-6-16(26)14-18/h3-14,28H,2H2,1H3,(H,29,31). The Bertz CT molecular complexity index is 1310. The largest absolute Gasteiger partial charge is 0.492 e. The molecule has 9 heteroatoms. The molecule has 7 nitrogen and oxygen atoms in total. The molecule has 0 radical (unpaired) electrons. The van der Waals surface area contributed by atoms with Gasteiger partial charge < -0.3 is 15.4 Å². The summed E-state index contributed by atoms with van der Waals surface area (Å²) < 4.78 is 5.53. The first-order chi connectivity index (χ1) is 16.4. The van der Waals surface area contributed by atoms with E-state index >= 15 is 0 Å². The molecule has 1 aliphatic heterocycles. The molecule has 2 N–H and O–H groups in total. The topological polar surface area (TPSA) is 87.7 Å². The van der Waals surface area contributed by atoms with E-state index in [1.54, 1.807) is 60.7 Å². The normalized spacial score (nSPS) is 13.3. The molecule has 0 saturated carbocycles. The molecule has 0 aliphatic carbocycles. The molecule has 1 aliphatic rings. The highest BCUT2D eigenvalue weighted by atomic mass is 35.5. The molecule has 1 heterocycles. The number of benzene rings is 3. The second kappa shape index (κ2) is 9.99. The van der Waals surface area contributed by atoms with Gasteiger partial charge in [-0.15, -0.1) is 0 Å². The van der Waals surface area contributed by atoms with Crippen molar-refractivity contribution in [1.82, 2.24) is 0 Å². The molecule has 0 aromatic heterocycles. The van der Waals surface area contributed by atoms with E-state index in [0.717, 1.165) is 4.90 Å². The number of amides is 3. The third-order valence-electron chi connectivity index (χ3n) is 4.95. The number of imide groups is 1. The smallest absolute Gasteiger partial charge is 0.283 e. The number of carbonyl (C=O) groups excluding carboxylic acids is 3. The Balaban J connectivity index is 1.48. The molecule has 172 valence electrons. The predicted octanol–water partition coefficient (Wildman–Crippen LogP) is 5.43. The summed E-state index contributed by atoms with van der Waals surface area (Å²) in [5.74, 6) is -1.01. The van der Waals surface area contributed by atoms with E-state index in [0.29, 0.717) is 40.0 Å². The van der Waals surface area contributed by atoms with Crippen molar-refractivity contribution in [3.63, 3.8) is 0 Å². The molecule has 0 spiro atoms. The van der Waals surface area contributed by atoms with Gasteiger partial charge in [0.1, 0.15) is 16.5 Å². The van der Waals surface area contributed by atoms with Crippen molar-refractivity contribution in [2.75, 3.05) is 22.1 Å². The van der Waals surface area contributed by atoms with Crippen LogP contribution in [-0.2, 0) is 9.59 Å². The van der Waals surface area contributed by atoms with Crippen LogP contribution in [0, 0.1) is 0 Å². The van der Waals surface area contributed by atoms with Crippen LogP contribution in [0.15, 0.2) is 83.5 Å². The third-order valence-corrected chi connectivity index (χ3v) is 5.53. The van der Waals surface area contributed by atoms with Gasteiger partial charge in [0.05, 0.1) is 18.0 Å². The summed E-state index contributed by atoms with van der Waals surface area (Å²) in [5.41, 5.74) is 1.69. The number of para-hydroxylation sites is 2. The van der Waals surface area contributed by atoms with E-state index < -0.39 is 11.8 Å². The van der Waals surface area contributed by atoms with Crippen molar-refractivity contribution in [3.8, 4) is 5.75 Å². The van der Waals surface area contributed by atoms with Crippen LogP contribution in [0.1, 0.15) is 17.3 Å². The van der Waals surface area contributed by atoms with Gasteiger partial charge in [0, 0.05) is 16.3 Å². The molecule has 0 atom stereocenters. The summed E-state index contributed by atoms with van der Waals surface area (Å²) in [6.07, 6.45) is 0. The zero-order valence-corrected chi connectivity index (χ0v) is 19.5. The Hall–Kier alpha value is -3.81. The van der Waals surface area contributed by atoms with Crippen LogP contribution in [-0.4, -0.2) is 24.3 Å². The fourth-order valence-electron chi connectivity index (χ4n) is 3.36. The Morgan fingerprint density at radius 1 is 0.941 bits per heavy atom. The van der Waals surface area contributed by atoms with Crippen LogP contribution in [0.3, 0.4) is 0 Å². The SMILES string of the molecule is CCOc1ccccc1NC(=O)c1ccc(NC2=C(Cl)C(=O)N(c3cccc(Cl)c3)C2=O)cc1. The summed E-state index contributed by atoms with van der Waals surface area (Å²) in [6, 6.07) is 19.9. The monoisotopic (exact) mass is 495 g/mol. The molecule has 3 amide bonds. The highest BCUT2D eigenvalue weighted by Crippen LogP contribution is 2.31. The van der Waals surface area contributed by atoms with Gasteiger partial charge in [0.15, 0.2) is 0 Å². The molecule has 34 heavy (non-hydrogen) atoms. The van der Waals surface area contributed by atoms with Gasteiger partial charge in [-0.3, -0.25) is 14.4 Å². The van der Waals surface area contributed by atoms with Crippen molar-refractivity contribution in [2.24, 2.45) is 0 Å². The molecule has 3 aromatic carbocycles. The first-order valence-electron chi connectivity index (χ1n) is 10.3. The maximum Gasteiger partial charge on any atom is 0.283 e. The summed E-state index contributed by atoms with van der Waals surface area (Å²) in [6.45, 7) is 2.34.